The SMILES string of the molecule is O=C(CCC(=O)c1ccc2c(c1)CCCC2)NNC(=O)c1ccccn1. The normalized spacial score (nSPS) is 12.8. The molecule has 0 saturated carbocycles. The molecular formula is C20H21N3O3. The quantitative estimate of drug-likeness (QED) is 0.639. The van der Waals surface area contributed by atoms with Gasteiger partial charge in [0.25, 0.3) is 5.91 Å². The number of hydrogen-bond donors (Lipinski definition) is 2. The molecular weight excluding hydrogens is 330 g/mol. The Kier molecular flexibility index (Phi) is 5.73. The van der Waals surface area contributed by atoms with E-state index in [0.29, 0.717) is 5.56 Å². The van der Waals surface area contributed by atoms with Crippen molar-refractivity contribution in [1.29, 1.82) is 0 Å². The number of ketones is 1. The molecule has 0 aliphatic heterocycles. The van der Waals surface area contributed by atoms with Gasteiger partial charge in [0.2, 0.25) is 5.91 Å². The molecule has 1 aliphatic carbocycles. The molecule has 2 N–H and O–H groups in total. The average Bonchev–Trinajstić information content (AvgIpc) is 2.70. The number of aryl methyl sites for hydroxylation is 2. The molecule has 2 aromatic rings. The van der Waals surface area contributed by atoms with Crippen LogP contribution in [0.25, 0.3) is 0 Å². The molecule has 0 fully saturated rings. The van der Waals surface area contributed by atoms with Crippen LogP contribution in [0.3, 0.4) is 0 Å². The predicted octanol–water partition coefficient (Wildman–Crippen LogP) is 2.38. The van der Waals surface area contributed by atoms with Gasteiger partial charge >= 0.3 is 0 Å². The Labute approximate surface area is 152 Å². The monoisotopic (exact) mass is 351 g/mol. The third kappa shape index (κ3) is 4.53. The molecule has 0 unspecified atom stereocenters. The first kappa shape index (κ1) is 17.8. The molecule has 0 saturated heterocycles. The molecule has 1 aromatic heterocycles. The molecule has 0 radical (unpaired) electrons. The highest BCUT2D eigenvalue weighted by atomic mass is 16.2. The Bertz CT molecular complexity index is 818. The lowest BCUT2D eigenvalue weighted by atomic mass is 9.89. The van der Waals surface area contributed by atoms with E-state index < -0.39 is 11.8 Å². The Morgan fingerprint density at radius 3 is 2.50 bits per heavy atom. The largest absolute Gasteiger partial charge is 0.294 e. The van der Waals surface area contributed by atoms with Crippen LogP contribution >= 0.6 is 0 Å². The van der Waals surface area contributed by atoms with E-state index in [9.17, 15) is 14.4 Å². The van der Waals surface area contributed by atoms with Gasteiger partial charge in [0.05, 0.1) is 0 Å². The third-order valence-electron chi connectivity index (χ3n) is 4.46. The van der Waals surface area contributed by atoms with Crippen LogP contribution in [-0.4, -0.2) is 22.6 Å². The maximum atomic E-state index is 12.3. The van der Waals surface area contributed by atoms with Gasteiger partial charge in [-0.2, -0.15) is 0 Å². The van der Waals surface area contributed by atoms with E-state index in [0.717, 1.165) is 19.3 Å². The zero-order valence-corrected chi connectivity index (χ0v) is 14.5. The van der Waals surface area contributed by atoms with Crippen molar-refractivity contribution in [3.8, 4) is 0 Å². The Hall–Kier alpha value is -3.02. The number of aromatic nitrogens is 1. The van der Waals surface area contributed by atoms with Gasteiger partial charge in [0.1, 0.15) is 5.69 Å². The number of pyridine rings is 1. The van der Waals surface area contributed by atoms with E-state index in [1.54, 1.807) is 18.2 Å². The lowest BCUT2D eigenvalue weighted by Gasteiger charge is -2.16. The van der Waals surface area contributed by atoms with Gasteiger partial charge in [-0.3, -0.25) is 30.2 Å². The number of benzene rings is 1. The van der Waals surface area contributed by atoms with E-state index in [-0.39, 0.29) is 24.3 Å². The minimum Gasteiger partial charge on any atom is -0.294 e. The van der Waals surface area contributed by atoms with Crippen LogP contribution in [0.2, 0.25) is 0 Å². The lowest BCUT2D eigenvalue weighted by molar-refractivity contribution is -0.121. The number of rotatable bonds is 5. The van der Waals surface area contributed by atoms with Crippen LogP contribution in [0.4, 0.5) is 0 Å². The van der Waals surface area contributed by atoms with E-state index in [1.165, 1.54) is 23.7 Å². The molecule has 6 nitrogen and oxygen atoms in total. The third-order valence-corrected chi connectivity index (χ3v) is 4.46. The topological polar surface area (TPSA) is 88.2 Å². The zero-order chi connectivity index (χ0) is 18.4. The summed E-state index contributed by atoms with van der Waals surface area (Å²) in [6, 6.07) is 10.7. The molecule has 1 heterocycles. The second-order valence-electron chi connectivity index (χ2n) is 6.33. The molecule has 134 valence electrons. The predicted molar refractivity (Wildman–Crippen MR) is 96.5 cm³/mol. The van der Waals surface area contributed by atoms with E-state index in [1.807, 2.05) is 18.2 Å². The fourth-order valence-electron chi connectivity index (χ4n) is 3.03. The summed E-state index contributed by atoms with van der Waals surface area (Å²) in [4.78, 5) is 39.8. The number of hydrogen-bond acceptors (Lipinski definition) is 4. The van der Waals surface area contributed by atoms with Crippen LogP contribution in [0.15, 0.2) is 42.6 Å². The van der Waals surface area contributed by atoms with Crippen molar-refractivity contribution in [3.05, 3.63) is 65.0 Å². The van der Waals surface area contributed by atoms with Crippen molar-refractivity contribution in [3.63, 3.8) is 0 Å². The number of hydrazine groups is 1. The van der Waals surface area contributed by atoms with Crippen molar-refractivity contribution in [2.24, 2.45) is 0 Å². The number of carbonyl (C=O) groups is 3. The van der Waals surface area contributed by atoms with E-state index in [4.69, 9.17) is 0 Å². The Morgan fingerprint density at radius 1 is 0.923 bits per heavy atom. The van der Waals surface area contributed by atoms with Crippen LogP contribution in [0, 0.1) is 0 Å². The maximum absolute atomic E-state index is 12.3. The molecule has 1 aliphatic rings. The number of nitrogens with zero attached hydrogens (tertiary/aromatic N) is 1. The average molecular weight is 351 g/mol. The molecule has 26 heavy (non-hydrogen) atoms. The van der Waals surface area contributed by atoms with E-state index >= 15 is 0 Å². The van der Waals surface area contributed by atoms with Crippen molar-refractivity contribution in [2.45, 2.75) is 38.5 Å². The van der Waals surface area contributed by atoms with E-state index in [2.05, 4.69) is 15.8 Å². The number of Topliss-reactive ketones (excluding diaryl/α,β-unsaturated/α-hetero) is 1. The Morgan fingerprint density at radius 2 is 1.73 bits per heavy atom. The molecule has 1 aromatic carbocycles. The van der Waals surface area contributed by atoms with Crippen LogP contribution in [0.5, 0.6) is 0 Å². The standard InChI is InChI=1S/C20H21N3O3/c24-18(16-9-8-14-5-1-2-6-15(14)13-16)10-11-19(25)22-23-20(26)17-7-3-4-12-21-17/h3-4,7-9,12-13H,1-2,5-6,10-11H2,(H,22,25)(H,23,26). The molecule has 0 bridgehead atoms. The van der Waals surface area contributed by atoms with Gasteiger partial charge in [-0.05, 0) is 55.0 Å². The first-order valence-corrected chi connectivity index (χ1v) is 8.79. The van der Waals surface area contributed by atoms with Crippen molar-refractivity contribution in [1.82, 2.24) is 15.8 Å². The zero-order valence-electron chi connectivity index (χ0n) is 14.5. The molecule has 2 amide bonds. The highest BCUT2D eigenvalue weighted by molar-refractivity contribution is 5.98. The first-order valence-electron chi connectivity index (χ1n) is 8.79. The molecule has 0 atom stereocenters. The van der Waals surface area contributed by atoms with Crippen molar-refractivity contribution < 1.29 is 14.4 Å². The highest BCUT2D eigenvalue weighted by Gasteiger charge is 2.14. The van der Waals surface area contributed by atoms with Gasteiger partial charge in [0.15, 0.2) is 5.78 Å². The van der Waals surface area contributed by atoms with Gasteiger partial charge in [-0.1, -0.05) is 18.2 Å². The summed E-state index contributed by atoms with van der Waals surface area (Å²) in [5.41, 5.74) is 8.02. The Balaban J connectivity index is 1.47. The van der Waals surface area contributed by atoms with Gasteiger partial charge in [-0.25, -0.2) is 0 Å². The number of amides is 2. The van der Waals surface area contributed by atoms with Gasteiger partial charge in [-0.15, -0.1) is 0 Å². The maximum Gasteiger partial charge on any atom is 0.288 e. The second-order valence-corrected chi connectivity index (χ2v) is 6.33. The number of fused-ring (bicyclic) bond motifs is 1. The summed E-state index contributed by atoms with van der Waals surface area (Å²) in [6.45, 7) is 0. The van der Waals surface area contributed by atoms with Crippen molar-refractivity contribution >= 4 is 17.6 Å². The molecule has 0 spiro atoms. The van der Waals surface area contributed by atoms with Crippen LogP contribution in [-0.2, 0) is 17.6 Å². The van der Waals surface area contributed by atoms with Gasteiger partial charge < -0.3 is 0 Å². The van der Waals surface area contributed by atoms with Crippen LogP contribution in [0.1, 0.15) is 57.7 Å². The fourth-order valence-corrected chi connectivity index (χ4v) is 3.03. The fraction of sp³-hybridized carbons (Fsp3) is 0.300. The summed E-state index contributed by atoms with van der Waals surface area (Å²) < 4.78 is 0. The summed E-state index contributed by atoms with van der Waals surface area (Å²) in [5.74, 6) is -0.981. The number of carbonyl (C=O) groups excluding carboxylic acids is 3. The molecule has 3 rings (SSSR count). The molecule has 6 heteroatoms. The smallest absolute Gasteiger partial charge is 0.288 e. The second kappa shape index (κ2) is 8.38. The van der Waals surface area contributed by atoms with Crippen molar-refractivity contribution in [2.75, 3.05) is 0 Å². The summed E-state index contributed by atoms with van der Waals surface area (Å²) in [6.07, 6.45) is 6.04. The summed E-state index contributed by atoms with van der Waals surface area (Å²) >= 11 is 0. The highest BCUT2D eigenvalue weighted by Crippen LogP contribution is 2.22. The first-order chi connectivity index (χ1) is 12.6. The van der Waals surface area contributed by atoms with Gasteiger partial charge in [0, 0.05) is 24.6 Å². The lowest BCUT2D eigenvalue weighted by Crippen LogP contribution is -2.42. The minimum absolute atomic E-state index is 0.0123. The summed E-state index contributed by atoms with van der Waals surface area (Å²) in [7, 11) is 0. The summed E-state index contributed by atoms with van der Waals surface area (Å²) in [5, 5.41) is 0. The van der Waals surface area contributed by atoms with Crippen LogP contribution < -0.4 is 10.9 Å². The minimum atomic E-state index is -0.500. The number of nitrogens with one attached hydrogen (secondary N) is 2.